The Morgan fingerprint density at radius 1 is 1.43 bits per heavy atom. The molecule has 0 radical (unpaired) electrons. The second kappa shape index (κ2) is 8.66. The van der Waals surface area contributed by atoms with Gasteiger partial charge in [0.1, 0.15) is 16.6 Å². The number of alkyl halides is 3. The van der Waals surface area contributed by atoms with Gasteiger partial charge in [0.15, 0.2) is 0 Å². The van der Waals surface area contributed by atoms with Gasteiger partial charge in [-0.15, -0.1) is 9.45 Å². The molecule has 1 amide bonds. The maximum atomic E-state index is 12.9. The van der Waals surface area contributed by atoms with Crippen LogP contribution in [0.3, 0.4) is 0 Å². The Kier molecular flexibility index (Phi) is 7.14. The Labute approximate surface area is 174 Å². The molecule has 12 heteroatoms. The lowest BCUT2D eigenvalue weighted by atomic mass is 10.2. The van der Waals surface area contributed by atoms with E-state index in [0.29, 0.717) is 25.4 Å². The van der Waals surface area contributed by atoms with Gasteiger partial charge in [0.2, 0.25) is 5.82 Å². The van der Waals surface area contributed by atoms with Gasteiger partial charge in [0.25, 0.3) is 0 Å². The summed E-state index contributed by atoms with van der Waals surface area (Å²) in [6.07, 6.45) is -5.11. The molecule has 1 aromatic rings. The van der Waals surface area contributed by atoms with E-state index in [0.717, 1.165) is 0 Å². The number of anilines is 1. The number of rotatable bonds is 3. The van der Waals surface area contributed by atoms with Crippen LogP contribution in [0.1, 0.15) is 26.6 Å². The first-order valence-corrected chi connectivity index (χ1v) is 11.2. The van der Waals surface area contributed by atoms with E-state index in [2.05, 4.69) is 9.97 Å². The molecule has 0 N–H and O–H groups in total. The molecule has 1 aliphatic heterocycles. The molecule has 28 heavy (non-hydrogen) atoms. The van der Waals surface area contributed by atoms with E-state index in [1.165, 1.54) is 6.07 Å². The Bertz CT molecular complexity index is 758. The van der Waals surface area contributed by atoms with E-state index in [4.69, 9.17) is 27.5 Å². The molecule has 1 aromatic heterocycles. The minimum Gasteiger partial charge on any atom is -0.444 e. The van der Waals surface area contributed by atoms with Crippen molar-refractivity contribution >= 4 is 44.2 Å². The third kappa shape index (κ3) is 6.41. The second-order valence-corrected chi connectivity index (χ2v) is 10.9. The predicted octanol–water partition coefficient (Wildman–Crippen LogP) is 3.28. The first kappa shape index (κ1) is 23.1. The molecule has 1 aliphatic rings. The van der Waals surface area contributed by atoms with E-state index in [1.807, 2.05) is 0 Å². The zero-order chi connectivity index (χ0) is 21.3. The van der Waals surface area contributed by atoms with Gasteiger partial charge < -0.3 is 14.5 Å². The SMILES string of the molecule is CN(CC1CN(C(=O)OC(C)(C)C)CCS1=S)c1cc(Cl)nc(C(F)(F)F)n1. The summed E-state index contributed by atoms with van der Waals surface area (Å²) in [5.41, 5.74) is -0.609. The summed E-state index contributed by atoms with van der Waals surface area (Å²) in [6, 6.07) is 1.27. The van der Waals surface area contributed by atoms with Crippen molar-refractivity contribution in [2.24, 2.45) is 0 Å². The Morgan fingerprint density at radius 3 is 2.64 bits per heavy atom. The quantitative estimate of drug-likeness (QED) is 0.648. The summed E-state index contributed by atoms with van der Waals surface area (Å²) in [4.78, 5) is 22.3. The fourth-order valence-electron chi connectivity index (χ4n) is 2.55. The lowest BCUT2D eigenvalue weighted by Crippen LogP contribution is -2.51. The standard InChI is InChI=1S/C16H22ClF3N4O2S2/c1-15(2,3)26-14(25)24-5-6-28(27)10(9-24)8-23(4)12-7-11(17)21-13(22-12)16(18,19)20/h7,10H,5-6,8-9H2,1-4H3. The summed E-state index contributed by atoms with van der Waals surface area (Å²) in [6.45, 7) is 6.56. The number of carbonyl (C=O) groups excluding carboxylic acids is 1. The average Bonchev–Trinajstić information content (AvgIpc) is 2.53. The number of aromatic nitrogens is 2. The first-order valence-electron chi connectivity index (χ1n) is 8.44. The number of nitrogens with zero attached hydrogens (tertiary/aromatic N) is 4. The maximum Gasteiger partial charge on any atom is 0.451 e. The summed E-state index contributed by atoms with van der Waals surface area (Å²) >= 11 is 11.3. The summed E-state index contributed by atoms with van der Waals surface area (Å²) < 4.78 is 44.2. The molecule has 1 fully saturated rings. The number of amides is 1. The van der Waals surface area contributed by atoms with Gasteiger partial charge in [-0.2, -0.15) is 13.2 Å². The van der Waals surface area contributed by atoms with Crippen molar-refractivity contribution in [3.05, 3.63) is 17.0 Å². The molecule has 0 aliphatic carbocycles. The molecular weight excluding hydrogens is 437 g/mol. The van der Waals surface area contributed by atoms with E-state index < -0.39 is 33.1 Å². The van der Waals surface area contributed by atoms with Gasteiger partial charge in [-0.25, -0.2) is 14.8 Å². The van der Waals surface area contributed by atoms with Crippen LogP contribution in [-0.4, -0.2) is 64.2 Å². The molecule has 2 rings (SSSR count). The van der Waals surface area contributed by atoms with Crippen molar-refractivity contribution in [2.75, 3.05) is 37.3 Å². The Hall–Kier alpha value is -1.20. The highest BCUT2D eigenvalue weighted by Crippen LogP contribution is 2.29. The first-order chi connectivity index (χ1) is 12.8. The molecule has 158 valence electrons. The normalized spacial score (nSPS) is 20.8. The zero-order valence-electron chi connectivity index (χ0n) is 15.9. The van der Waals surface area contributed by atoms with Crippen LogP contribution in [0.25, 0.3) is 0 Å². The van der Waals surface area contributed by atoms with Crippen LogP contribution in [0.5, 0.6) is 0 Å². The minimum absolute atomic E-state index is 0.0497. The van der Waals surface area contributed by atoms with Crippen molar-refractivity contribution in [3.63, 3.8) is 0 Å². The van der Waals surface area contributed by atoms with Crippen LogP contribution in [0, 0.1) is 0 Å². The topological polar surface area (TPSA) is 58.6 Å². The van der Waals surface area contributed by atoms with Crippen LogP contribution in [0.2, 0.25) is 5.15 Å². The van der Waals surface area contributed by atoms with Crippen molar-refractivity contribution in [2.45, 2.75) is 37.8 Å². The van der Waals surface area contributed by atoms with E-state index in [9.17, 15) is 18.0 Å². The fraction of sp³-hybridized carbons (Fsp3) is 0.688. The summed E-state index contributed by atoms with van der Waals surface area (Å²) in [7, 11) is 1.19. The number of ether oxygens (including phenoxy) is 1. The highest BCUT2D eigenvalue weighted by Gasteiger charge is 2.36. The fourth-order valence-corrected chi connectivity index (χ4v) is 4.78. The Morgan fingerprint density at radius 2 is 2.07 bits per heavy atom. The highest BCUT2D eigenvalue weighted by molar-refractivity contribution is 8.29. The molecular formula is C16H22ClF3N4O2S2. The van der Waals surface area contributed by atoms with Gasteiger partial charge >= 0.3 is 12.3 Å². The van der Waals surface area contributed by atoms with Crippen LogP contribution in [0.4, 0.5) is 23.8 Å². The number of carbonyl (C=O) groups is 1. The molecule has 0 saturated carbocycles. The number of hydrogen-bond acceptors (Lipinski definition) is 6. The zero-order valence-corrected chi connectivity index (χ0v) is 18.3. The Balaban J connectivity index is 2.12. The maximum absolute atomic E-state index is 12.9. The van der Waals surface area contributed by atoms with Crippen molar-refractivity contribution < 1.29 is 22.7 Å². The smallest absolute Gasteiger partial charge is 0.444 e. The van der Waals surface area contributed by atoms with Crippen LogP contribution in [-0.2, 0) is 31.6 Å². The van der Waals surface area contributed by atoms with Crippen molar-refractivity contribution in [1.29, 1.82) is 0 Å². The summed E-state index contributed by atoms with van der Waals surface area (Å²) in [5, 5.41) is -0.398. The number of hydrogen-bond donors (Lipinski definition) is 0. The third-order valence-electron chi connectivity index (χ3n) is 3.81. The van der Waals surface area contributed by atoms with Gasteiger partial charge in [-0.3, -0.25) is 0 Å². The van der Waals surface area contributed by atoms with Gasteiger partial charge in [-0.05, 0) is 20.8 Å². The van der Waals surface area contributed by atoms with Gasteiger partial charge in [0.05, 0.1) is 0 Å². The largest absolute Gasteiger partial charge is 0.451 e. The second-order valence-electron chi connectivity index (χ2n) is 7.38. The molecule has 2 heterocycles. The lowest BCUT2D eigenvalue weighted by Gasteiger charge is -2.36. The average molecular weight is 459 g/mol. The molecule has 2 unspecified atom stereocenters. The van der Waals surface area contributed by atoms with Gasteiger partial charge in [-0.1, -0.05) is 22.8 Å². The predicted molar refractivity (Wildman–Crippen MR) is 107 cm³/mol. The molecule has 6 nitrogen and oxygen atoms in total. The van der Waals surface area contributed by atoms with E-state index in [1.54, 1.807) is 37.6 Å². The monoisotopic (exact) mass is 458 g/mol. The minimum atomic E-state index is -4.69. The molecule has 0 spiro atoms. The molecule has 0 aromatic carbocycles. The van der Waals surface area contributed by atoms with E-state index >= 15 is 0 Å². The molecule has 2 atom stereocenters. The number of halogens is 4. The lowest BCUT2D eigenvalue weighted by molar-refractivity contribution is -0.144. The van der Waals surface area contributed by atoms with Gasteiger partial charge in [0, 0.05) is 43.8 Å². The third-order valence-corrected chi connectivity index (χ3v) is 6.95. The van der Waals surface area contributed by atoms with Crippen LogP contribution >= 0.6 is 11.6 Å². The molecule has 0 bridgehead atoms. The van der Waals surface area contributed by atoms with Crippen molar-refractivity contribution in [3.8, 4) is 0 Å². The summed E-state index contributed by atoms with van der Waals surface area (Å²) in [5.74, 6) is -0.613. The highest BCUT2D eigenvalue weighted by atomic mass is 35.5. The molecule has 1 saturated heterocycles. The van der Waals surface area contributed by atoms with Crippen molar-refractivity contribution in [1.82, 2.24) is 14.9 Å². The van der Waals surface area contributed by atoms with E-state index in [-0.39, 0.29) is 16.2 Å². The van der Waals surface area contributed by atoms with Crippen LogP contribution < -0.4 is 4.90 Å². The van der Waals surface area contributed by atoms with Crippen LogP contribution in [0.15, 0.2) is 6.07 Å².